The summed E-state index contributed by atoms with van der Waals surface area (Å²) in [6, 6.07) is 12.4. The number of fused-ring (bicyclic) bond motifs is 4. The Morgan fingerprint density at radius 2 is 2.00 bits per heavy atom. The second kappa shape index (κ2) is 8.36. The Kier molecular flexibility index (Phi) is 5.54. The van der Waals surface area contributed by atoms with Crippen LogP contribution in [0.25, 0.3) is 0 Å². The minimum absolute atomic E-state index is 0.0230. The van der Waals surface area contributed by atoms with E-state index in [-0.39, 0.29) is 35.9 Å². The van der Waals surface area contributed by atoms with Crippen LogP contribution in [0.1, 0.15) is 76.4 Å². The van der Waals surface area contributed by atoms with E-state index in [1.54, 1.807) is 0 Å². The number of hydrogen-bond donors (Lipinski definition) is 2. The molecule has 3 aliphatic heterocycles. The van der Waals surface area contributed by atoms with Crippen LogP contribution in [-0.4, -0.2) is 35.8 Å². The molecule has 168 valence electrons. The first-order valence-corrected chi connectivity index (χ1v) is 12.0. The monoisotopic (exact) mass is 431 g/mol. The fourth-order valence-electron chi connectivity index (χ4n) is 5.99. The van der Waals surface area contributed by atoms with Gasteiger partial charge in [-0.2, -0.15) is 0 Å². The normalized spacial score (nSPS) is 25.4. The lowest BCUT2D eigenvalue weighted by molar-refractivity contribution is -0.145. The Morgan fingerprint density at radius 1 is 1.22 bits per heavy atom. The number of benzene rings is 2. The number of amides is 2. The molecule has 2 amide bonds. The maximum absolute atomic E-state index is 13.7. The van der Waals surface area contributed by atoms with Crippen molar-refractivity contribution in [2.45, 2.75) is 64.6 Å². The molecule has 5 heteroatoms. The number of carbonyl (C=O) groups is 2. The highest BCUT2D eigenvalue weighted by Gasteiger charge is 2.46. The Labute approximate surface area is 190 Å². The van der Waals surface area contributed by atoms with Crippen molar-refractivity contribution in [3.05, 3.63) is 69.8 Å². The highest BCUT2D eigenvalue weighted by Crippen LogP contribution is 2.44. The van der Waals surface area contributed by atoms with E-state index in [4.69, 9.17) is 0 Å². The molecule has 0 unspecified atom stereocenters. The van der Waals surface area contributed by atoms with Crippen LogP contribution in [0, 0.1) is 19.8 Å². The number of piperidine rings is 2. The molecular formula is C27H33N3O2. The smallest absolute Gasteiger partial charge is 0.252 e. The third-order valence-corrected chi connectivity index (χ3v) is 7.84. The fraction of sp³-hybridized carbons (Fsp3) is 0.481. The molecule has 0 aromatic heterocycles. The van der Waals surface area contributed by atoms with Crippen molar-refractivity contribution in [3.8, 4) is 0 Å². The Bertz CT molecular complexity index is 1050. The number of hydrogen-bond acceptors (Lipinski definition) is 3. The minimum Gasteiger partial charge on any atom is -0.346 e. The van der Waals surface area contributed by atoms with E-state index in [9.17, 15) is 9.59 Å². The van der Waals surface area contributed by atoms with Crippen molar-refractivity contribution < 1.29 is 9.59 Å². The van der Waals surface area contributed by atoms with Gasteiger partial charge in [0.15, 0.2) is 0 Å². The Hall–Kier alpha value is -2.66. The molecule has 5 nitrogen and oxygen atoms in total. The van der Waals surface area contributed by atoms with Crippen LogP contribution in [0.5, 0.6) is 0 Å². The van der Waals surface area contributed by atoms with Crippen molar-refractivity contribution in [1.29, 1.82) is 0 Å². The summed E-state index contributed by atoms with van der Waals surface area (Å²) in [7, 11) is 0. The SMILES string of the molecule is Cc1cc2c(c(C(=O)N[C@H](C)c3ccccc3)c1C)[C@@H]1C[C@@H]3NCCC[C@@H]3C(=O)N1CC2. The zero-order valence-corrected chi connectivity index (χ0v) is 19.3. The standard InChI is InChI=1S/C27H33N3O2/c1-16-14-20-11-13-30-23(15-22-21(27(30)32)10-7-12-28-22)25(20)24(17(16)2)26(31)29-18(3)19-8-5-4-6-9-19/h4-6,8-9,14,18,21-23,28H,7,10-13,15H2,1-3H3,(H,29,31)/t18-,21+,22+,23+/m1/s1. The topological polar surface area (TPSA) is 61.4 Å². The molecule has 4 atom stereocenters. The quantitative estimate of drug-likeness (QED) is 0.772. The average molecular weight is 432 g/mol. The van der Waals surface area contributed by atoms with Crippen molar-refractivity contribution >= 4 is 11.8 Å². The van der Waals surface area contributed by atoms with Gasteiger partial charge in [-0.15, -0.1) is 0 Å². The maximum atomic E-state index is 13.7. The predicted molar refractivity (Wildman–Crippen MR) is 126 cm³/mol. The van der Waals surface area contributed by atoms with Crippen molar-refractivity contribution in [2.75, 3.05) is 13.1 Å². The van der Waals surface area contributed by atoms with Crippen LogP contribution in [-0.2, 0) is 11.2 Å². The second-order valence-corrected chi connectivity index (χ2v) is 9.71. The van der Waals surface area contributed by atoms with E-state index in [0.29, 0.717) is 0 Å². The van der Waals surface area contributed by atoms with Gasteiger partial charge in [0.2, 0.25) is 5.91 Å². The molecule has 0 bridgehead atoms. The van der Waals surface area contributed by atoms with Gasteiger partial charge in [-0.25, -0.2) is 0 Å². The summed E-state index contributed by atoms with van der Waals surface area (Å²) in [6.07, 6.45) is 3.74. The zero-order valence-electron chi connectivity index (χ0n) is 19.3. The van der Waals surface area contributed by atoms with Gasteiger partial charge in [0.05, 0.1) is 18.0 Å². The van der Waals surface area contributed by atoms with Gasteiger partial charge in [0, 0.05) is 18.2 Å². The molecule has 2 aromatic carbocycles. The largest absolute Gasteiger partial charge is 0.346 e. The summed E-state index contributed by atoms with van der Waals surface area (Å²) in [5, 5.41) is 6.83. The maximum Gasteiger partial charge on any atom is 0.252 e. The van der Waals surface area contributed by atoms with Crippen molar-refractivity contribution in [2.24, 2.45) is 5.92 Å². The summed E-state index contributed by atoms with van der Waals surface area (Å²) in [5.41, 5.74) is 6.34. The van der Waals surface area contributed by atoms with E-state index < -0.39 is 0 Å². The van der Waals surface area contributed by atoms with E-state index in [0.717, 1.165) is 66.6 Å². The van der Waals surface area contributed by atoms with Gasteiger partial charge in [0.1, 0.15) is 0 Å². The van der Waals surface area contributed by atoms with Gasteiger partial charge in [0.25, 0.3) is 5.91 Å². The van der Waals surface area contributed by atoms with Crippen molar-refractivity contribution in [1.82, 2.24) is 15.5 Å². The lowest BCUT2D eigenvalue weighted by Gasteiger charge is -2.49. The van der Waals surface area contributed by atoms with Gasteiger partial charge in [-0.3, -0.25) is 9.59 Å². The fourth-order valence-corrected chi connectivity index (χ4v) is 5.99. The molecule has 0 saturated carbocycles. The van der Waals surface area contributed by atoms with E-state index in [1.165, 1.54) is 5.56 Å². The van der Waals surface area contributed by atoms with Gasteiger partial charge in [-0.05, 0) is 80.8 Å². The molecule has 2 saturated heterocycles. The number of aryl methyl sites for hydroxylation is 1. The van der Waals surface area contributed by atoms with Gasteiger partial charge in [-0.1, -0.05) is 36.4 Å². The van der Waals surface area contributed by atoms with Crippen LogP contribution < -0.4 is 10.6 Å². The van der Waals surface area contributed by atoms with E-state index in [2.05, 4.69) is 28.5 Å². The highest BCUT2D eigenvalue weighted by molar-refractivity contribution is 5.98. The molecule has 0 aliphatic carbocycles. The molecule has 0 spiro atoms. The molecule has 5 rings (SSSR count). The van der Waals surface area contributed by atoms with Gasteiger partial charge < -0.3 is 15.5 Å². The summed E-state index contributed by atoms with van der Waals surface area (Å²) in [6.45, 7) is 7.89. The van der Waals surface area contributed by atoms with Crippen molar-refractivity contribution in [3.63, 3.8) is 0 Å². The third kappa shape index (κ3) is 3.53. The van der Waals surface area contributed by atoms with Crippen LogP contribution in [0.2, 0.25) is 0 Å². The molecule has 32 heavy (non-hydrogen) atoms. The molecule has 2 N–H and O–H groups in total. The average Bonchev–Trinajstić information content (AvgIpc) is 2.80. The lowest BCUT2D eigenvalue weighted by Crippen LogP contribution is -2.58. The number of carbonyl (C=O) groups excluding carboxylic acids is 2. The van der Waals surface area contributed by atoms with Gasteiger partial charge >= 0.3 is 0 Å². The molecule has 2 aromatic rings. The summed E-state index contributed by atoms with van der Waals surface area (Å²) in [5.74, 6) is 0.321. The first-order valence-electron chi connectivity index (χ1n) is 12.0. The predicted octanol–water partition coefficient (Wildman–Crippen LogP) is 3.99. The molecule has 2 fully saturated rings. The van der Waals surface area contributed by atoms with E-state index in [1.807, 2.05) is 44.2 Å². The molecule has 0 radical (unpaired) electrons. The number of rotatable bonds is 3. The van der Waals surface area contributed by atoms with E-state index >= 15 is 0 Å². The zero-order chi connectivity index (χ0) is 22.4. The first kappa shape index (κ1) is 21.2. The second-order valence-electron chi connectivity index (χ2n) is 9.71. The van der Waals surface area contributed by atoms with Crippen LogP contribution in [0.15, 0.2) is 36.4 Å². The molecule has 3 aliphatic rings. The highest BCUT2D eigenvalue weighted by atomic mass is 16.2. The summed E-state index contributed by atoms with van der Waals surface area (Å²) < 4.78 is 0. The number of nitrogens with zero attached hydrogens (tertiary/aromatic N) is 1. The Morgan fingerprint density at radius 3 is 2.78 bits per heavy atom. The summed E-state index contributed by atoms with van der Waals surface area (Å²) >= 11 is 0. The Balaban J connectivity index is 1.53. The minimum atomic E-state index is -0.0867. The first-order chi connectivity index (χ1) is 15.5. The summed E-state index contributed by atoms with van der Waals surface area (Å²) in [4.78, 5) is 29.1. The molecular weight excluding hydrogens is 398 g/mol. The molecule has 3 heterocycles. The van der Waals surface area contributed by atoms with Crippen LogP contribution >= 0.6 is 0 Å². The third-order valence-electron chi connectivity index (χ3n) is 7.84. The van der Waals surface area contributed by atoms with Crippen LogP contribution in [0.3, 0.4) is 0 Å². The number of nitrogens with one attached hydrogen (secondary N) is 2. The lowest BCUT2D eigenvalue weighted by atomic mass is 9.74. The van der Waals surface area contributed by atoms with Crippen LogP contribution in [0.4, 0.5) is 0 Å².